The van der Waals surface area contributed by atoms with Gasteiger partial charge in [-0.05, 0) is 52.1 Å². The van der Waals surface area contributed by atoms with Crippen LogP contribution in [0.3, 0.4) is 0 Å². The molecule has 0 unspecified atom stereocenters. The zero-order valence-electron chi connectivity index (χ0n) is 16.4. The number of aryl methyl sites for hydroxylation is 1. The summed E-state index contributed by atoms with van der Waals surface area (Å²) in [5.74, 6) is -0.0260. The number of amides is 1. The number of nitrogens with zero attached hydrogens (tertiary/aromatic N) is 1. The minimum atomic E-state index is -0.508. The molecule has 0 atom stereocenters. The summed E-state index contributed by atoms with van der Waals surface area (Å²) in [6, 6.07) is 0. The fourth-order valence-corrected chi connectivity index (χ4v) is 4.70. The third kappa shape index (κ3) is 4.89. The summed E-state index contributed by atoms with van der Waals surface area (Å²) in [6.07, 6.45) is 10.5. The summed E-state index contributed by atoms with van der Waals surface area (Å²) < 4.78 is 0. The number of rotatable bonds is 6. The van der Waals surface area contributed by atoms with Gasteiger partial charge in [0.15, 0.2) is 0 Å². The van der Waals surface area contributed by atoms with Gasteiger partial charge in [-0.15, -0.1) is 0 Å². The van der Waals surface area contributed by atoms with E-state index in [1.807, 2.05) is 0 Å². The fourth-order valence-electron chi connectivity index (χ4n) is 4.70. The Kier molecular flexibility index (Phi) is 6.52. The molecule has 3 rings (SSSR count). The molecule has 1 aliphatic carbocycles. The summed E-state index contributed by atoms with van der Waals surface area (Å²) in [5, 5.41) is 3.15. The molecule has 0 spiro atoms. The number of carbonyl (C=O) groups is 1. The molecule has 0 aromatic carbocycles. The van der Waals surface area contributed by atoms with E-state index in [2.05, 4.69) is 20.2 Å². The molecule has 0 radical (unpaired) electrons. The Balaban J connectivity index is 1.58. The number of hydrogen-bond acceptors (Lipinski definition) is 4. The molecule has 3 N–H and O–H groups in total. The smallest absolute Gasteiger partial charge is 0.325 e. The van der Waals surface area contributed by atoms with Crippen LogP contribution in [0.25, 0.3) is 0 Å². The van der Waals surface area contributed by atoms with E-state index in [4.69, 9.17) is 0 Å². The minimum Gasteiger partial charge on any atom is -0.354 e. The summed E-state index contributed by atoms with van der Waals surface area (Å²) >= 11 is 0. The van der Waals surface area contributed by atoms with Gasteiger partial charge in [-0.2, -0.15) is 0 Å². The van der Waals surface area contributed by atoms with Gasteiger partial charge in [-0.3, -0.25) is 19.5 Å². The number of likely N-dealkylation sites (tertiary alicyclic amines) is 1. The SMILES string of the molecule is Cc1[nH]c(=O)[nH]c(=O)c1CCC(=O)NCC1(N2CCCCC2)CCCCC1. The lowest BCUT2D eigenvalue weighted by molar-refractivity contribution is -0.122. The van der Waals surface area contributed by atoms with Gasteiger partial charge >= 0.3 is 5.69 Å². The van der Waals surface area contributed by atoms with Gasteiger partial charge in [0.25, 0.3) is 5.56 Å². The second-order valence-corrected chi connectivity index (χ2v) is 8.12. The van der Waals surface area contributed by atoms with Gasteiger partial charge in [0.05, 0.1) is 0 Å². The molecular formula is C20H32N4O3. The highest BCUT2D eigenvalue weighted by Crippen LogP contribution is 2.35. The first kappa shape index (κ1) is 19.9. The van der Waals surface area contributed by atoms with Gasteiger partial charge in [-0.25, -0.2) is 4.79 Å². The quantitative estimate of drug-likeness (QED) is 0.702. The first-order valence-electron chi connectivity index (χ1n) is 10.3. The molecule has 0 bridgehead atoms. The molecule has 1 amide bonds. The molecule has 1 aromatic rings. The third-order valence-electron chi connectivity index (χ3n) is 6.28. The Hall–Kier alpha value is -1.89. The molecule has 7 heteroatoms. The Morgan fingerprint density at radius 1 is 1.04 bits per heavy atom. The monoisotopic (exact) mass is 376 g/mol. The molecule has 150 valence electrons. The van der Waals surface area contributed by atoms with Gasteiger partial charge in [0.2, 0.25) is 5.91 Å². The van der Waals surface area contributed by atoms with Gasteiger partial charge in [-0.1, -0.05) is 25.7 Å². The number of aromatic amines is 2. The second-order valence-electron chi connectivity index (χ2n) is 8.12. The lowest BCUT2D eigenvalue weighted by Crippen LogP contribution is -2.58. The number of hydrogen-bond donors (Lipinski definition) is 3. The first-order valence-corrected chi connectivity index (χ1v) is 10.3. The zero-order valence-corrected chi connectivity index (χ0v) is 16.4. The van der Waals surface area contributed by atoms with Crippen molar-refractivity contribution in [3.05, 3.63) is 32.1 Å². The molecule has 1 saturated heterocycles. The highest BCUT2D eigenvalue weighted by Gasteiger charge is 2.38. The molecule has 27 heavy (non-hydrogen) atoms. The van der Waals surface area contributed by atoms with Crippen molar-refractivity contribution in [2.24, 2.45) is 0 Å². The summed E-state index contributed by atoms with van der Waals surface area (Å²) in [6.45, 7) is 4.67. The third-order valence-corrected chi connectivity index (χ3v) is 6.28. The maximum atomic E-state index is 12.5. The van der Waals surface area contributed by atoms with Crippen molar-refractivity contribution in [2.75, 3.05) is 19.6 Å². The predicted molar refractivity (Wildman–Crippen MR) is 105 cm³/mol. The topological polar surface area (TPSA) is 98.1 Å². The Bertz CT molecular complexity index is 755. The van der Waals surface area contributed by atoms with Crippen LogP contribution in [0.15, 0.2) is 9.59 Å². The van der Waals surface area contributed by atoms with E-state index < -0.39 is 11.2 Å². The molecule has 2 heterocycles. The van der Waals surface area contributed by atoms with Crippen molar-refractivity contribution < 1.29 is 4.79 Å². The van der Waals surface area contributed by atoms with Crippen molar-refractivity contribution in [2.45, 2.75) is 76.7 Å². The molecule has 1 saturated carbocycles. The molecule has 1 aromatic heterocycles. The standard InChI is InChI=1S/C20H32N4O3/c1-15-16(18(26)23-19(27)22-15)8-9-17(25)21-14-20(10-4-2-5-11-20)24-12-6-3-7-13-24/h2-14H2,1H3,(H,21,25)(H2,22,23,26,27). The van der Waals surface area contributed by atoms with E-state index >= 15 is 0 Å². The first-order chi connectivity index (χ1) is 13.0. The number of nitrogens with one attached hydrogen (secondary N) is 3. The summed E-state index contributed by atoms with van der Waals surface area (Å²) in [4.78, 5) is 43.1. The van der Waals surface area contributed by atoms with Crippen LogP contribution >= 0.6 is 0 Å². The van der Waals surface area contributed by atoms with Crippen molar-refractivity contribution in [3.8, 4) is 0 Å². The fraction of sp³-hybridized carbons (Fsp3) is 0.750. The predicted octanol–water partition coefficient (Wildman–Crippen LogP) is 1.61. The highest BCUT2D eigenvalue weighted by molar-refractivity contribution is 5.76. The second kappa shape index (κ2) is 8.87. The lowest BCUT2D eigenvalue weighted by Gasteiger charge is -2.48. The van der Waals surface area contributed by atoms with E-state index in [9.17, 15) is 14.4 Å². The van der Waals surface area contributed by atoms with Crippen LogP contribution in [0.1, 0.15) is 69.0 Å². The van der Waals surface area contributed by atoms with Crippen molar-refractivity contribution >= 4 is 5.91 Å². The average Bonchev–Trinajstić information content (AvgIpc) is 2.67. The van der Waals surface area contributed by atoms with Crippen LogP contribution in [0.2, 0.25) is 0 Å². The van der Waals surface area contributed by atoms with Crippen molar-refractivity contribution in [1.29, 1.82) is 0 Å². The number of piperidine rings is 1. The van der Waals surface area contributed by atoms with Crippen LogP contribution < -0.4 is 16.6 Å². The van der Waals surface area contributed by atoms with Crippen molar-refractivity contribution in [3.63, 3.8) is 0 Å². The maximum absolute atomic E-state index is 12.5. The molecule has 7 nitrogen and oxygen atoms in total. The van der Waals surface area contributed by atoms with E-state index in [0.717, 1.165) is 25.9 Å². The lowest BCUT2D eigenvalue weighted by atomic mass is 9.79. The van der Waals surface area contributed by atoms with Crippen LogP contribution in [0.4, 0.5) is 0 Å². The largest absolute Gasteiger partial charge is 0.354 e. The number of aromatic nitrogens is 2. The highest BCUT2D eigenvalue weighted by atomic mass is 16.2. The van der Waals surface area contributed by atoms with E-state index in [1.165, 1.54) is 38.5 Å². The maximum Gasteiger partial charge on any atom is 0.325 e. The van der Waals surface area contributed by atoms with Crippen LogP contribution in [0, 0.1) is 6.92 Å². The Labute approximate surface area is 159 Å². The molecule has 2 aliphatic rings. The minimum absolute atomic E-state index is 0.0260. The Morgan fingerprint density at radius 2 is 1.70 bits per heavy atom. The number of H-pyrrole nitrogens is 2. The Morgan fingerprint density at radius 3 is 2.37 bits per heavy atom. The average molecular weight is 377 g/mol. The van der Waals surface area contributed by atoms with E-state index in [-0.39, 0.29) is 17.9 Å². The van der Waals surface area contributed by atoms with Gasteiger partial charge in [0, 0.05) is 29.8 Å². The van der Waals surface area contributed by atoms with Crippen LogP contribution in [0.5, 0.6) is 0 Å². The molecular weight excluding hydrogens is 344 g/mol. The van der Waals surface area contributed by atoms with E-state index in [0.29, 0.717) is 24.2 Å². The summed E-state index contributed by atoms with van der Waals surface area (Å²) in [5.41, 5.74) is 0.217. The number of carbonyl (C=O) groups excluding carboxylic acids is 1. The normalized spacial score (nSPS) is 20.3. The van der Waals surface area contributed by atoms with Crippen LogP contribution in [-0.2, 0) is 11.2 Å². The van der Waals surface area contributed by atoms with Gasteiger partial charge < -0.3 is 10.3 Å². The summed E-state index contributed by atoms with van der Waals surface area (Å²) in [7, 11) is 0. The zero-order chi connectivity index (χ0) is 19.3. The van der Waals surface area contributed by atoms with Crippen LogP contribution in [-0.4, -0.2) is 45.9 Å². The van der Waals surface area contributed by atoms with Crippen molar-refractivity contribution in [1.82, 2.24) is 20.2 Å². The molecule has 1 aliphatic heterocycles. The molecule has 2 fully saturated rings. The van der Waals surface area contributed by atoms with Gasteiger partial charge in [0.1, 0.15) is 0 Å². The van der Waals surface area contributed by atoms with E-state index in [1.54, 1.807) is 6.92 Å².